The van der Waals surface area contributed by atoms with Crippen LogP contribution in [0.5, 0.6) is 0 Å². The molecule has 0 spiro atoms. The summed E-state index contributed by atoms with van der Waals surface area (Å²) < 4.78 is 27.6. The number of nitrogens with one attached hydrogen (secondary N) is 1. The zero-order chi connectivity index (χ0) is 15.5. The lowest BCUT2D eigenvalue weighted by Crippen LogP contribution is -2.35. The molecular weight excluding hydrogens is 308 g/mol. The molecule has 3 N–H and O–H groups in total. The maximum absolute atomic E-state index is 12.4. The predicted octanol–water partition coefficient (Wildman–Crippen LogP) is 3.05. The third-order valence-electron chi connectivity index (χ3n) is 4.60. The normalized spacial score (nSPS) is 18.0. The number of rotatable bonds is 6. The van der Waals surface area contributed by atoms with Crippen LogP contribution in [0.4, 0.5) is 0 Å². The molecule has 1 fully saturated rings. The van der Waals surface area contributed by atoms with Crippen molar-refractivity contribution in [2.75, 3.05) is 6.54 Å². The highest BCUT2D eigenvalue weighted by atomic mass is 35.5. The molecule has 0 aliphatic heterocycles. The molecule has 0 radical (unpaired) electrons. The van der Waals surface area contributed by atoms with Gasteiger partial charge in [0.25, 0.3) is 0 Å². The van der Waals surface area contributed by atoms with Gasteiger partial charge in [-0.15, -0.1) is 0 Å². The Morgan fingerprint density at radius 2 is 2.00 bits per heavy atom. The highest BCUT2D eigenvalue weighted by molar-refractivity contribution is 7.89. The van der Waals surface area contributed by atoms with E-state index in [0.717, 1.165) is 19.3 Å². The maximum atomic E-state index is 12.4. The van der Waals surface area contributed by atoms with E-state index >= 15 is 0 Å². The van der Waals surface area contributed by atoms with Crippen LogP contribution in [-0.2, 0) is 16.6 Å². The van der Waals surface area contributed by atoms with Crippen LogP contribution < -0.4 is 10.5 Å². The molecule has 0 bridgehead atoms. The van der Waals surface area contributed by atoms with E-state index in [-0.39, 0.29) is 16.9 Å². The van der Waals surface area contributed by atoms with Gasteiger partial charge in [0.15, 0.2) is 0 Å². The molecule has 6 heteroatoms. The number of hydrogen-bond donors (Lipinski definition) is 2. The van der Waals surface area contributed by atoms with Crippen LogP contribution in [0.2, 0.25) is 5.02 Å². The number of sulfonamides is 1. The van der Waals surface area contributed by atoms with Crippen molar-refractivity contribution in [2.45, 2.75) is 50.5 Å². The molecule has 1 aromatic rings. The van der Waals surface area contributed by atoms with Crippen molar-refractivity contribution in [1.82, 2.24) is 4.72 Å². The Labute approximate surface area is 132 Å². The first kappa shape index (κ1) is 16.7. The van der Waals surface area contributed by atoms with E-state index in [4.69, 9.17) is 17.3 Å². The number of nitrogens with two attached hydrogens (primary N) is 1. The van der Waals surface area contributed by atoms with Crippen LogP contribution in [0.3, 0.4) is 0 Å². The largest absolute Gasteiger partial charge is 0.326 e. The van der Waals surface area contributed by atoms with Gasteiger partial charge in [0.2, 0.25) is 10.0 Å². The van der Waals surface area contributed by atoms with Crippen molar-refractivity contribution in [3.05, 3.63) is 28.8 Å². The highest BCUT2D eigenvalue weighted by Crippen LogP contribution is 2.40. The van der Waals surface area contributed by atoms with Crippen LogP contribution in [0.25, 0.3) is 0 Å². The molecule has 0 atom stereocenters. The molecule has 1 aromatic carbocycles. The van der Waals surface area contributed by atoms with Crippen LogP contribution in [0.1, 0.15) is 44.6 Å². The molecule has 118 valence electrons. The number of halogens is 1. The van der Waals surface area contributed by atoms with Gasteiger partial charge >= 0.3 is 0 Å². The van der Waals surface area contributed by atoms with Crippen molar-refractivity contribution < 1.29 is 8.42 Å². The van der Waals surface area contributed by atoms with Crippen molar-refractivity contribution in [3.63, 3.8) is 0 Å². The summed E-state index contributed by atoms with van der Waals surface area (Å²) in [5.74, 6) is 0. The Kier molecular flexibility index (Phi) is 5.30. The topological polar surface area (TPSA) is 72.2 Å². The molecule has 0 unspecified atom stereocenters. The molecule has 0 saturated heterocycles. The molecule has 0 aromatic heterocycles. The molecular formula is C15H23ClN2O2S. The molecule has 1 saturated carbocycles. The summed E-state index contributed by atoms with van der Waals surface area (Å²) in [6.45, 7) is 2.86. The molecule has 2 rings (SSSR count). The molecule has 0 amide bonds. The van der Waals surface area contributed by atoms with E-state index in [1.807, 2.05) is 0 Å². The molecule has 0 heterocycles. The van der Waals surface area contributed by atoms with E-state index in [1.165, 1.54) is 18.9 Å². The Morgan fingerprint density at radius 1 is 1.33 bits per heavy atom. The van der Waals surface area contributed by atoms with E-state index in [0.29, 0.717) is 17.1 Å². The summed E-state index contributed by atoms with van der Waals surface area (Å²) in [6.07, 6.45) is 5.58. The second-order valence-corrected chi connectivity index (χ2v) is 8.02. The first-order valence-corrected chi connectivity index (χ1v) is 9.27. The van der Waals surface area contributed by atoms with Gasteiger partial charge in [-0.1, -0.05) is 31.4 Å². The van der Waals surface area contributed by atoms with Gasteiger partial charge in [-0.2, -0.15) is 0 Å². The number of benzene rings is 1. The second kappa shape index (κ2) is 6.65. The second-order valence-electron chi connectivity index (χ2n) is 5.84. The minimum Gasteiger partial charge on any atom is -0.326 e. The minimum atomic E-state index is -3.51. The van der Waals surface area contributed by atoms with Gasteiger partial charge in [-0.3, -0.25) is 0 Å². The van der Waals surface area contributed by atoms with Crippen LogP contribution in [0.15, 0.2) is 23.1 Å². The Hall–Kier alpha value is -0.620. The van der Waals surface area contributed by atoms with Gasteiger partial charge in [0, 0.05) is 18.1 Å². The monoisotopic (exact) mass is 330 g/mol. The van der Waals surface area contributed by atoms with Crippen molar-refractivity contribution >= 4 is 21.6 Å². The van der Waals surface area contributed by atoms with Crippen LogP contribution in [0, 0.1) is 5.41 Å². The minimum absolute atomic E-state index is 0.121. The van der Waals surface area contributed by atoms with Gasteiger partial charge in [-0.25, -0.2) is 13.1 Å². The lowest BCUT2D eigenvalue weighted by molar-refractivity contribution is 0.285. The average molecular weight is 331 g/mol. The summed E-state index contributed by atoms with van der Waals surface area (Å²) in [5.41, 5.74) is 6.34. The third kappa shape index (κ3) is 3.77. The summed E-state index contributed by atoms with van der Waals surface area (Å²) in [4.78, 5) is 0.233. The van der Waals surface area contributed by atoms with E-state index in [9.17, 15) is 8.42 Å². The molecule has 21 heavy (non-hydrogen) atoms. The standard InChI is InChI=1S/C15H23ClN2O2S/c1-2-15(7-3-4-8-15)11-18-21(19,20)13-5-6-14(16)12(9-13)10-17/h5-6,9,18H,2-4,7-8,10-11,17H2,1H3. The Bertz CT molecular complexity index is 596. The highest BCUT2D eigenvalue weighted by Gasteiger charge is 2.33. The molecule has 1 aliphatic carbocycles. The molecule has 1 aliphatic rings. The first-order chi connectivity index (χ1) is 9.92. The lowest BCUT2D eigenvalue weighted by atomic mass is 9.84. The maximum Gasteiger partial charge on any atom is 0.240 e. The Balaban J connectivity index is 2.15. The summed E-state index contributed by atoms with van der Waals surface area (Å²) in [5, 5.41) is 0.497. The summed E-state index contributed by atoms with van der Waals surface area (Å²) >= 11 is 5.98. The fraction of sp³-hybridized carbons (Fsp3) is 0.600. The van der Waals surface area contributed by atoms with Gasteiger partial charge < -0.3 is 5.73 Å². The Morgan fingerprint density at radius 3 is 2.57 bits per heavy atom. The quantitative estimate of drug-likeness (QED) is 0.842. The first-order valence-electron chi connectivity index (χ1n) is 7.41. The van der Waals surface area contributed by atoms with Gasteiger partial charge in [0.1, 0.15) is 0 Å². The SMILES string of the molecule is CCC1(CNS(=O)(=O)c2ccc(Cl)c(CN)c2)CCCC1. The van der Waals surface area contributed by atoms with Crippen LogP contribution >= 0.6 is 11.6 Å². The van der Waals surface area contributed by atoms with Crippen molar-refractivity contribution in [2.24, 2.45) is 11.1 Å². The lowest BCUT2D eigenvalue weighted by Gasteiger charge is -2.27. The smallest absolute Gasteiger partial charge is 0.240 e. The summed E-state index contributed by atoms with van der Waals surface area (Å²) in [6, 6.07) is 4.67. The van der Waals surface area contributed by atoms with Gasteiger partial charge in [0.05, 0.1) is 4.90 Å². The zero-order valence-corrected chi connectivity index (χ0v) is 13.9. The van der Waals surface area contributed by atoms with Crippen molar-refractivity contribution in [3.8, 4) is 0 Å². The third-order valence-corrected chi connectivity index (χ3v) is 6.37. The predicted molar refractivity (Wildman–Crippen MR) is 85.7 cm³/mol. The average Bonchev–Trinajstić information content (AvgIpc) is 2.95. The van der Waals surface area contributed by atoms with Gasteiger partial charge in [-0.05, 0) is 48.4 Å². The van der Waals surface area contributed by atoms with Crippen LogP contribution in [-0.4, -0.2) is 15.0 Å². The zero-order valence-electron chi connectivity index (χ0n) is 12.4. The number of hydrogen-bond acceptors (Lipinski definition) is 3. The molecule has 4 nitrogen and oxygen atoms in total. The van der Waals surface area contributed by atoms with E-state index in [1.54, 1.807) is 12.1 Å². The fourth-order valence-electron chi connectivity index (χ4n) is 2.99. The van der Waals surface area contributed by atoms with E-state index in [2.05, 4.69) is 11.6 Å². The van der Waals surface area contributed by atoms with Crippen molar-refractivity contribution in [1.29, 1.82) is 0 Å². The van der Waals surface area contributed by atoms with E-state index < -0.39 is 10.0 Å². The fourth-order valence-corrected chi connectivity index (χ4v) is 4.39. The summed E-state index contributed by atoms with van der Waals surface area (Å²) in [7, 11) is -3.51.